The topological polar surface area (TPSA) is 116 Å². The first-order chi connectivity index (χ1) is 12.5. The van der Waals surface area contributed by atoms with Crippen molar-refractivity contribution in [3.05, 3.63) is 34.4 Å². The summed E-state index contributed by atoms with van der Waals surface area (Å²) in [5.74, 6) is -0.559. The number of rotatable bonds is 10. The highest BCUT2D eigenvalue weighted by molar-refractivity contribution is 7.93. The average Bonchev–Trinajstić information content (AvgIpc) is 2.56. The maximum Gasteiger partial charge on any atom is 0.307 e. The van der Waals surface area contributed by atoms with E-state index >= 15 is 0 Å². The third-order valence-electron chi connectivity index (χ3n) is 3.21. The summed E-state index contributed by atoms with van der Waals surface area (Å²) in [4.78, 5) is 22.0. The standard InChI is InChI=1S/C16H24N2O7S2/c1-16(2,3)25-15(19)9-10-17(11-12-24-26-4)27(22,23)14-8-6-5-7-13(14)18(20)21/h5-8H,9-12H2,1-4H3. The molecule has 0 aliphatic rings. The lowest BCUT2D eigenvalue weighted by atomic mass is 10.2. The van der Waals surface area contributed by atoms with Crippen molar-refractivity contribution in [2.24, 2.45) is 0 Å². The normalized spacial score (nSPS) is 12.2. The molecule has 0 radical (unpaired) electrons. The Morgan fingerprint density at radius 2 is 1.89 bits per heavy atom. The van der Waals surface area contributed by atoms with Gasteiger partial charge in [-0.15, -0.1) is 0 Å². The minimum atomic E-state index is -4.20. The maximum absolute atomic E-state index is 13.0. The van der Waals surface area contributed by atoms with Crippen LogP contribution < -0.4 is 0 Å². The first-order valence-electron chi connectivity index (χ1n) is 8.10. The number of nitro groups is 1. The van der Waals surface area contributed by atoms with E-state index < -0.39 is 37.1 Å². The zero-order valence-electron chi connectivity index (χ0n) is 15.7. The van der Waals surface area contributed by atoms with Gasteiger partial charge in [-0.05, 0) is 38.9 Å². The SMILES string of the molecule is CSOCCN(CCC(=O)OC(C)(C)C)S(=O)(=O)c1ccccc1[N+](=O)[O-]. The molecule has 0 saturated heterocycles. The van der Waals surface area contributed by atoms with Gasteiger partial charge in [-0.2, -0.15) is 4.31 Å². The third kappa shape index (κ3) is 7.45. The summed E-state index contributed by atoms with van der Waals surface area (Å²) in [6, 6.07) is 5.09. The number of hydrogen-bond donors (Lipinski definition) is 0. The summed E-state index contributed by atoms with van der Waals surface area (Å²) in [6.07, 6.45) is 1.50. The second-order valence-corrected chi connectivity index (χ2v) is 8.93. The van der Waals surface area contributed by atoms with Crippen molar-refractivity contribution in [1.29, 1.82) is 0 Å². The van der Waals surface area contributed by atoms with Crippen LogP contribution in [0.25, 0.3) is 0 Å². The van der Waals surface area contributed by atoms with Gasteiger partial charge < -0.3 is 8.92 Å². The lowest BCUT2D eigenvalue weighted by molar-refractivity contribution is -0.387. The quantitative estimate of drug-likeness (QED) is 0.186. The molecule has 1 rings (SSSR count). The van der Waals surface area contributed by atoms with Gasteiger partial charge in [-0.1, -0.05) is 12.1 Å². The van der Waals surface area contributed by atoms with Crippen molar-refractivity contribution in [2.45, 2.75) is 37.7 Å². The van der Waals surface area contributed by atoms with Crippen molar-refractivity contribution in [2.75, 3.05) is 26.0 Å². The van der Waals surface area contributed by atoms with E-state index in [0.29, 0.717) is 0 Å². The Kier molecular flexibility index (Phi) is 8.66. The Morgan fingerprint density at radius 3 is 2.44 bits per heavy atom. The summed E-state index contributed by atoms with van der Waals surface area (Å²) in [7, 11) is -4.20. The highest BCUT2D eigenvalue weighted by Gasteiger charge is 2.32. The summed E-state index contributed by atoms with van der Waals surface area (Å²) >= 11 is 1.07. The van der Waals surface area contributed by atoms with Gasteiger partial charge in [-0.3, -0.25) is 14.9 Å². The van der Waals surface area contributed by atoms with Crippen LogP contribution in [-0.4, -0.2) is 55.2 Å². The van der Waals surface area contributed by atoms with Crippen LogP contribution in [0.4, 0.5) is 5.69 Å². The zero-order valence-corrected chi connectivity index (χ0v) is 17.3. The van der Waals surface area contributed by atoms with Gasteiger partial charge in [0.05, 0.1) is 18.0 Å². The van der Waals surface area contributed by atoms with E-state index in [0.717, 1.165) is 22.4 Å². The third-order valence-corrected chi connectivity index (χ3v) is 5.56. The molecule has 0 heterocycles. The molecule has 0 saturated carbocycles. The van der Waals surface area contributed by atoms with Crippen molar-refractivity contribution >= 4 is 33.7 Å². The molecule has 1 aromatic rings. The maximum atomic E-state index is 13.0. The molecule has 0 fully saturated rings. The second-order valence-electron chi connectivity index (χ2n) is 6.45. The van der Waals surface area contributed by atoms with Gasteiger partial charge in [0.15, 0.2) is 4.90 Å². The molecule has 0 amide bonds. The number of sulfonamides is 1. The number of benzene rings is 1. The molecule has 0 atom stereocenters. The molecule has 0 spiro atoms. The first-order valence-corrected chi connectivity index (χ1v) is 10.7. The molecule has 0 aromatic heterocycles. The highest BCUT2D eigenvalue weighted by Crippen LogP contribution is 2.26. The number of hydrogen-bond acceptors (Lipinski definition) is 8. The largest absolute Gasteiger partial charge is 0.460 e. The zero-order chi connectivity index (χ0) is 20.7. The van der Waals surface area contributed by atoms with Gasteiger partial charge in [0.25, 0.3) is 5.69 Å². The molecule has 0 aliphatic heterocycles. The van der Waals surface area contributed by atoms with E-state index in [1.54, 1.807) is 27.0 Å². The number of nitrogens with zero attached hydrogens (tertiary/aromatic N) is 2. The van der Waals surface area contributed by atoms with Crippen LogP contribution >= 0.6 is 12.0 Å². The van der Waals surface area contributed by atoms with Crippen molar-refractivity contribution in [3.63, 3.8) is 0 Å². The van der Waals surface area contributed by atoms with Crippen LogP contribution in [0.15, 0.2) is 29.2 Å². The van der Waals surface area contributed by atoms with E-state index in [1.165, 1.54) is 18.2 Å². The van der Waals surface area contributed by atoms with Crippen molar-refractivity contribution in [3.8, 4) is 0 Å². The monoisotopic (exact) mass is 420 g/mol. The van der Waals surface area contributed by atoms with E-state index in [2.05, 4.69) is 0 Å². The fourth-order valence-electron chi connectivity index (χ4n) is 2.15. The number of nitro benzene ring substituents is 1. The number of esters is 1. The Bertz CT molecular complexity index is 760. The number of ether oxygens (including phenoxy) is 1. The Labute approximate surface area is 163 Å². The van der Waals surface area contributed by atoms with Crippen molar-refractivity contribution in [1.82, 2.24) is 4.31 Å². The number of carbonyl (C=O) groups excluding carboxylic acids is 1. The van der Waals surface area contributed by atoms with Crippen LogP contribution in [0, 0.1) is 10.1 Å². The van der Waals surface area contributed by atoms with Gasteiger partial charge >= 0.3 is 5.97 Å². The highest BCUT2D eigenvalue weighted by atomic mass is 32.2. The molecule has 0 unspecified atom stereocenters. The fraction of sp³-hybridized carbons (Fsp3) is 0.562. The molecule has 0 aliphatic carbocycles. The molecule has 1 aromatic carbocycles. The van der Waals surface area contributed by atoms with Gasteiger partial charge in [0.1, 0.15) is 5.60 Å². The molecular weight excluding hydrogens is 396 g/mol. The van der Waals surface area contributed by atoms with Gasteiger partial charge in [0, 0.05) is 25.4 Å². The van der Waals surface area contributed by atoms with E-state index in [9.17, 15) is 23.3 Å². The fourth-order valence-corrected chi connectivity index (χ4v) is 3.97. The minimum absolute atomic E-state index is 0.0575. The van der Waals surface area contributed by atoms with Gasteiger partial charge in [0.2, 0.25) is 10.0 Å². The minimum Gasteiger partial charge on any atom is -0.460 e. The lowest BCUT2D eigenvalue weighted by Crippen LogP contribution is -2.36. The lowest BCUT2D eigenvalue weighted by Gasteiger charge is -2.23. The van der Waals surface area contributed by atoms with Crippen LogP contribution in [0.3, 0.4) is 0 Å². The van der Waals surface area contributed by atoms with Crippen molar-refractivity contribution < 1.29 is 27.1 Å². The summed E-state index contributed by atoms with van der Waals surface area (Å²) in [5, 5.41) is 11.2. The van der Waals surface area contributed by atoms with Crippen LogP contribution in [0.2, 0.25) is 0 Å². The number of para-hydroxylation sites is 1. The molecule has 11 heteroatoms. The molecular formula is C16H24N2O7S2. The van der Waals surface area contributed by atoms with Crippen LogP contribution in [0.5, 0.6) is 0 Å². The first kappa shape index (κ1) is 23.3. The summed E-state index contributed by atoms with van der Waals surface area (Å²) in [6.45, 7) is 4.95. The summed E-state index contributed by atoms with van der Waals surface area (Å²) < 4.78 is 37.2. The van der Waals surface area contributed by atoms with E-state index in [1.807, 2.05) is 0 Å². The predicted molar refractivity (Wildman–Crippen MR) is 102 cm³/mol. The van der Waals surface area contributed by atoms with Gasteiger partial charge in [-0.25, -0.2) is 8.42 Å². The average molecular weight is 421 g/mol. The Balaban J connectivity index is 3.08. The molecule has 9 nitrogen and oxygen atoms in total. The molecule has 0 N–H and O–H groups in total. The van der Waals surface area contributed by atoms with E-state index in [4.69, 9.17) is 8.92 Å². The Morgan fingerprint density at radius 1 is 1.26 bits per heavy atom. The number of carbonyl (C=O) groups is 1. The van der Waals surface area contributed by atoms with E-state index in [-0.39, 0.29) is 26.1 Å². The van der Waals surface area contributed by atoms with Crippen LogP contribution in [0.1, 0.15) is 27.2 Å². The molecule has 0 bridgehead atoms. The molecule has 152 valence electrons. The Hall–Kier alpha value is -1.69. The second kappa shape index (κ2) is 10.0. The predicted octanol–water partition coefficient (Wildman–Crippen LogP) is 2.61. The molecule has 27 heavy (non-hydrogen) atoms. The summed E-state index contributed by atoms with van der Waals surface area (Å²) in [5.41, 5.74) is -1.22. The van der Waals surface area contributed by atoms with Crippen LogP contribution in [-0.2, 0) is 23.7 Å². The smallest absolute Gasteiger partial charge is 0.307 e.